The first-order chi connectivity index (χ1) is 15.9. The molecule has 0 bridgehead atoms. The topological polar surface area (TPSA) is 98.3 Å². The van der Waals surface area contributed by atoms with E-state index in [1.54, 1.807) is 23.4 Å². The highest BCUT2D eigenvalue weighted by atomic mass is 16.3. The zero-order valence-corrected chi connectivity index (χ0v) is 19.1. The highest BCUT2D eigenvalue weighted by molar-refractivity contribution is 6.13. The Bertz CT molecular complexity index is 1230. The molecule has 0 fully saturated rings. The number of nitrogens with one attached hydrogen (secondary N) is 2. The van der Waals surface area contributed by atoms with E-state index in [9.17, 15) is 14.7 Å². The molecule has 1 aromatic carbocycles. The van der Waals surface area contributed by atoms with Gasteiger partial charge in [0, 0.05) is 42.2 Å². The van der Waals surface area contributed by atoms with Crippen molar-refractivity contribution in [1.82, 2.24) is 14.9 Å². The SMILES string of the molecule is CC(C)(CO)CCCN1C(=O)c2ccnc3[nH]cc(c23)C1C(=O)Nc1ccc2c(c1)CCC2. The van der Waals surface area contributed by atoms with Crippen LogP contribution in [0.4, 0.5) is 5.69 Å². The van der Waals surface area contributed by atoms with E-state index in [1.165, 1.54) is 11.1 Å². The van der Waals surface area contributed by atoms with Crippen LogP contribution in [0.2, 0.25) is 0 Å². The lowest BCUT2D eigenvalue weighted by molar-refractivity contribution is -0.120. The summed E-state index contributed by atoms with van der Waals surface area (Å²) in [4.78, 5) is 36.2. The van der Waals surface area contributed by atoms with Gasteiger partial charge in [0.1, 0.15) is 11.7 Å². The number of hydrogen-bond donors (Lipinski definition) is 3. The summed E-state index contributed by atoms with van der Waals surface area (Å²) in [6.45, 7) is 4.51. The zero-order valence-electron chi connectivity index (χ0n) is 19.1. The Balaban J connectivity index is 1.46. The molecule has 0 spiro atoms. The number of aryl methyl sites for hydroxylation is 2. The fourth-order valence-corrected chi connectivity index (χ4v) is 5.10. The quantitative estimate of drug-likeness (QED) is 0.511. The molecule has 0 saturated heterocycles. The van der Waals surface area contributed by atoms with Crippen LogP contribution < -0.4 is 5.32 Å². The number of aromatic amines is 1. The van der Waals surface area contributed by atoms with Gasteiger partial charge in [-0.25, -0.2) is 4.98 Å². The summed E-state index contributed by atoms with van der Waals surface area (Å²) in [6.07, 6.45) is 8.12. The first kappa shape index (κ1) is 21.6. The van der Waals surface area contributed by atoms with Gasteiger partial charge in [-0.15, -0.1) is 0 Å². The Morgan fingerprint density at radius 2 is 2.09 bits per heavy atom. The molecule has 7 nitrogen and oxygen atoms in total. The lowest BCUT2D eigenvalue weighted by Gasteiger charge is -2.35. The van der Waals surface area contributed by atoms with E-state index in [2.05, 4.69) is 27.4 Å². The number of anilines is 1. The van der Waals surface area contributed by atoms with E-state index in [4.69, 9.17) is 0 Å². The number of aliphatic hydroxyl groups excluding tert-OH is 1. The fraction of sp³-hybridized carbons (Fsp3) is 0.423. The minimum Gasteiger partial charge on any atom is -0.396 e. The van der Waals surface area contributed by atoms with Crippen LogP contribution in [0.15, 0.2) is 36.7 Å². The lowest BCUT2D eigenvalue weighted by atomic mass is 9.88. The maximum absolute atomic E-state index is 13.6. The highest BCUT2D eigenvalue weighted by Crippen LogP contribution is 2.38. The second-order valence-electron chi connectivity index (χ2n) is 9.98. The molecule has 1 aliphatic carbocycles. The molecule has 33 heavy (non-hydrogen) atoms. The number of nitrogens with zero attached hydrogens (tertiary/aromatic N) is 2. The van der Waals surface area contributed by atoms with E-state index in [0.717, 1.165) is 42.3 Å². The largest absolute Gasteiger partial charge is 0.396 e. The van der Waals surface area contributed by atoms with Gasteiger partial charge >= 0.3 is 0 Å². The van der Waals surface area contributed by atoms with Gasteiger partial charge in [0.2, 0.25) is 0 Å². The van der Waals surface area contributed by atoms with Gasteiger partial charge in [-0.05, 0) is 66.8 Å². The van der Waals surface area contributed by atoms with Crippen molar-refractivity contribution in [2.45, 2.75) is 52.0 Å². The van der Waals surface area contributed by atoms with Crippen LogP contribution in [0.3, 0.4) is 0 Å². The summed E-state index contributed by atoms with van der Waals surface area (Å²) in [6, 6.07) is 7.08. The molecule has 1 atom stereocenters. The van der Waals surface area contributed by atoms with Crippen LogP contribution >= 0.6 is 0 Å². The first-order valence-corrected chi connectivity index (χ1v) is 11.7. The zero-order chi connectivity index (χ0) is 23.2. The van der Waals surface area contributed by atoms with Gasteiger partial charge in [-0.3, -0.25) is 9.59 Å². The van der Waals surface area contributed by atoms with Crippen molar-refractivity contribution in [3.63, 3.8) is 0 Å². The number of pyridine rings is 1. The van der Waals surface area contributed by atoms with E-state index >= 15 is 0 Å². The average Bonchev–Trinajstić information content (AvgIpc) is 3.44. The minimum absolute atomic E-state index is 0.0795. The van der Waals surface area contributed by atoms with E-state index in [-0.39, 0.29) is 23.8 Å². The molecular formula is C26H30N4O3. The van der Waals surface area contributed by atoms with Gasteiger partial charge in [-0.2, -0.15) is 0 Å². The maximum Gasteiger partial charge on any atom is 0.255 e. The Morgan fingerprint density at radius 1 is 1.27 bits per heavy atom. The smallest absolute Gasteiger partial charge is 0.255 e. The van der Waals surface area contributed by atoms with Gasteiger partial charge in [0.25, 0.3) is 11.8 Å². The number of aliphatic hydroxyl groups is 1. The summed E-state index contributed by atoms with van der Waals surface area (Å²) >= 11 is 0. The van der Waals surface area contributed by atoms with Crippen molar-refractivity contribution in [2.75, 3.05) is 18.5 Å². The number of carbonyl (C=O) groups is 2. The Kier molecular flexibility index (Phi) is 5.44. The molecule has 5 rings (SSSR count). The van der Waals surface area contributed by atoms with Crippen LogP contribution in [-0.2, 0) is 17.6 Å². The second kappa shape index (κ2) is 8.30. The van der Waals surface area contributed by atoms with E-state index < -0.39 is 6.04 Å². The molecule has 172 valence electrons. The van der Waals surface area contributed by atoms with Crippen molar-refractivity contribution in [3.05, 3.63) is 58.9 Å². The van der Waals surface area contributed by atoms with Crippen molar-refractivity contribution < 1.29 is 14.7 Å². The molecule has 0 radical (unpaired) electrons. The van der Waals surface area contributed by atoms with Gasteiger partial charge in [0.15, 0.2) is 0 Å². The van der Waals surface area contributed by atoms with Crippen LogP contribution in [0.5, 0.6) is 0 Å². The number of carbonyl (C=O) groups excluding carboxylic acids is 2. The molecule has 3 aromatic rings. The van der Waals surface area contributed by atoms with Crippen molar-refractivity contribution in [2.24, 2.45) is 5.41 Å². The number of fused-ring (bicyclic) bond motifs is 1. The Labute approximate surface area is 193 Å². The van der Waals surface area contributed by atoms with Gasteiger partial charge in [0.05, 0.1) is 5.56 Å². The molecule has 1 unspecified atom stereocenters. The lowest BCUT2D eigenvalue weighted by Crippen LogP contribution is -2.44. The fourth-order valence-electron chi connectivity index (χ4n) is 5.10. The third-order valence-corrected chi connectivity index (χ3v) is 7.00. The highest BCUT2D eigenvalue weighted by Gasteiger charge is 2.39. The summed E-state index contributed by atoms with van der Waals surface area (Å²) in [5.74, 6) is -0.386. The van der Waals surface area contributed by atoms with Crippen LogP contribution in [0.1, 0.15) is 66.2 Å². The molecule has 3 N–H and O–H groups in total. The summed E-state index contributed by atoms with van der Waals surface area (Å²) < 4.78 is 0. The Hall–Kier alpha value is -3.19. The number of benzene rings is 1. The first-order valence-electron chi connectivity index (χ1n) is 11.7. The number of H-pyrrole nitrogens is 1. The predicted molar refractivity (Wildman–Crippen MR) is 127 cm³/mol. The molecule has 0 saturated carbocycles. The molecular weight excluding hydrogens is 416 g/mol. The predicted octanol–water partition coefficient (Wildman–Crippen LogP) is 3.99. The summed E-state index contributed by atoms with van der Waals surface area (Å²) in [5, 5.41) is 13.4. The molecule has 2 amide bonds. The van der Waals surface area contributed by atoms with E-state index in [1.807, 2.05) is 19.9 Å². The molecule has 7 heteroatoms. The van der Waals surface area contributed by atoms with Crippen LogP contribution in [0.25, 0.3) is 11.0 Å². The maximum atomic E-state index is 13.6. The monoisotopic (exact) mass is 446 g/mol. The van der Waals surface area contributed by atoms with Crippen molar-refractivity contribution in [3.8, 4) is 0 Å². The van der Waals surface area contributed by atoms with Crippen molar-refractivity contribution in [1.29, 1.82) is 0 Å². The second-order valence-corrected chi connectivity index (χ2v) is 9.98. The number of amides is 2. The van der Waals surface area contributed by atoms with E-state index in [0.29, 0.717) is 24.2 Å². The van der Waals surface area contributed by atoms with Crippen molar-refractivity contribution >= 4 is 28.5 Å². The van der Waals surface area contributed by atoms with Crippen LogP contribution in [0, 0.1) is 5.41 Å². The molecule has 2 aliphatic rings. The normalized spacial score (nSPS) is 17.5. The third kappa shape index (κ3) is 3.91. The third-order valence-electron chi connectivity index (χ3n) is 7.00. The van der Waals surface area contributed by atoms with Gasteiger partial charge in [-0.1, -0.05) is 19.9 Å². The molecule has 3 heterocycles. The standard InChI is InChI=1S/C26H30N4O3/c1-26(2,15-31)10-4-12-30-22(20-14-28-23-21(20)19(25(30)33)9-11-27-23)24(32)29-18-8-7-16-5-3-6-17(16)13-18/h7-9,11,13-14,22,31H,3-6,10,12,15H2,1-2H3,(H,27,28)(H,29,32). The van der Waals surface area contributed by atoms with Gasteiger partial charge < -0.3 is 20.3 Å². The number of aromatic nitrogens is 2. The average molecular weight is 447 g/mol. The molecule has 1 aliphatic heterocycles. The Morgan fingerprint density at radius 3 is 2.91 bits per heavy atom. The summed E-state index contributed by atoms with van der Waals surface area (Å²) in [5.41, 5.74) is 5.12. The van der Waals surface area contributed by atoms with Crippen LogP contribution in [-0.4, -0.2) is 44.9 Å². The summed E-state index contributed by atoms with van der Waals surface area (Å²) in [7, 11) is 0. The molecule has 2 aromatic heterocycles. The number of hydrogen-bond acceptors (Lipinski definition) is 4. The minimum atomic E-state index is -0.742. The number of rotatable bonds is 7.